The average molecular weight is 235 g/mol. The Morgan fingerprint density at radius 2 is 1.25 bits per heavy atom. The molecule has 0 radical (unpaired) electrons. The maximum Gasteiger partial charge on any atom is 1.00 e. The van der Waals surface area contributed by atoms with E-state index in [-0.39, 0.29) is 31.0 Å². The van der Waals surface area contributed by atoms with Gasteiger partial charge in [0.15, 0.2) is 0 Å². The maximum absolute atomic E-state index is 4.64. The summed E-state index contributed by atoms with van der Waals surface area (Å²) in [6.45, 7) is 8.95. The topological polar surface area (TPSA) is 0 Å². The van der Waals surface area contributed by atoms with Gasteiger partial charge >= 0.3 is 29.6 Å². The molecule has 0 N–H and O–H groups in total. The Balaban J connectivity index is -0.000000500. The predicted octanol–water partition coefficient (Wildman–Crippen LogP) is 1.12. The predicted molar refractivity (Wildman–Crippen MR) is 65.4 cm³/mol. The quantitative estimate of drug-likeness (QED) is 0.407. The summed E-state index contributed by atoms with van der Waals surface area (Å²) >= 11 is 9.28. The van der Waals surface area contributed by atoms with Gasteiger partial charge in [-0.3, -0.25) is 0 Å². The Hall–Kier alpha value is 2.13. The van der Waals surface area contributed by atoms with Gasteiger partial charge in [0, 0.05) is 24.5 Å². The molecule has 4 heteroatoms. The van der Waals surface area contributed by atoms with E-state index in [4.69, 9.17) is 0 Å². The van der Waals surface area contributed by atoms with Crippen LogP contribution in [-0.2, 0) is 0 Å². The van der Waals surface area contributed by atoms with Crippen LogP contribution in [0, 0.1) is 11.8 Å². The van der Waals surface area contributed by atoms with Gasteiger partial charge in [-0.05, 0) is 11.8 Å². The van der Waals surface area contributed by atoms with Gasteiger partial charge in [-0.15, -0.1) is 0 Å². The van der Waals surface area contributed by atoms with Gasteiger partial charge in [0.1, 0.15) is 5.67 Å². The van der Waals surface area contributed by atoms with Crippen LogP contribution in [0.1, 0.15) is 29.1 Å². The van der Waals surface area contributed by atoms with Gasteiger partial charge in [0.2, 0.25) is 0 Å². The van der Waals surface area contributed by atoms with Crippen molar-refractivity contribution in [2.24, 2.45) is 11.8 Å². The summed E-state index contributed by atoms with van der Waals surface area (Å²) in [5.74, 6) is 1.47. The summed E-state index contributed by atoms with van der Waals surface area (Å²) in [4.78, 5) is 0. The van der Waals surface area contributed by atoms with Crippen molar-refractivity contribution in [3.63, 3.8) is 0 Å². The molecule has 0 fully saturated rings. The molecule has 0 aliphatic heterocycles. The molecule has 0 saturated heterocycles. The molecule has 0 saturated carbocycles. The molecular formula is C8H21NaPS2+. The van der Waals surface area contributed by atoms with Gasteiger partial charge in [-0.1, -0.05) is 27.7 Å². The van der Waals surface area contributed by atoms with Gasteiger partial charge in [-0.25, -0.2) is 0 Å². The zero-order valence-electron chi connectivity index (χ0n) is 9.91. The van der Waals surface area contributed by atoms with Crippen molar-refractivity contribution in [1.29, 1.82) is 0 Å². The zero-order chi connectivity index (χ0) is 9.07. The second-order valence-corrected chi connectivity index (χ2v) is 12.1. The van der Waals surface area contributed by atoms with Crippen molar-refractivity contribution in [1.82, 2.24) is 0 Å². The van der Waals surface area contributed by atoms with Crippen molar-refractivity contribution in [3.8, 4) is 0 Å². The molecule has 0 bridgehead atoms. The maximum atomic E-state index is 4.64. The van der Waals surface area contributed by atoms with Crippen LogP contribution in [0.5, 0.6) is 0 Å². The Morgan fingerprint density at radius 1 is 1.00 bits per heavy atom. The van der Waals surface area contributed by atoms with E-state index in [9.17, 15) is 0 Å². The molecule has 0 aliphatic rings. The molecule has 0 heterocycles. The SMILES string of the molecule is CC(C)C[P+](S)(S)CC(C)C.[H-].[Na+]. The molecule has 0 unspecified atom stereocenters. The van der Waals surface area contributed by atoms with Gasteiger partial charge < -0.3 is 1.43 Å². The van der Waals surface area contributed by atoms with Crippen LogP contribution in [0.2, 0.25) is 0 Å². The van der Waals surface area contributed by atoms with E-state index >= 15 is 0 Å². The van der Waals surface area contributed by atoms with Crippen LogP contribution in [-0.4, -0.2) is 12.3 Å². The average Bonchev–Trinajstić information content (AvgIpc) is 1.53. The molecule has 12 heavy (non-hydrogen) atoms. The first kappa shape index (κ1) is 16.6. The van der Waals surface area contributed by atoms with Crippen molar-refractivity contribution in [2.45, 2.75) is 27.7 Å². The van der Waals surface area contributed by atoms with Crippen molar-refractivity contribution in [2.75, 3.05) is 12.3 Å². The fourth-order valence-corrected chi connectivity index (χ4v) is 7.65. The molecule has 70 valence electrons. The van der Waals surface area contributed by atoms with Crippen LogP contribution < -0.4 is 29.6 Å². The minimum absolute atomic E-state index is 0. The van der Waals surface area contributed by atoms with Crippen molar-refractivity contribution < 1.29 is 31.0 Å². The fraction of sp³-hybridized carbons (Fsp3) is 1.00. The Kier molecular flexibility index (Phi) is 10.2. The molecule has 0 atom stereocenters. The van der Waals surface area contributed by atoms with E-state index in [0.29, 0.717) is 0 Å². The summed E-state index contributed by atoms with van der Waals surface area (Å²) < 4.78 is 0. The third-order valence-corrected chi connectivity index (χ3v) is 5.90. The minimum Gasteiger partial charge on any atom is -1.00 e. The monoisotopic (exact) mass is 235 g/mol. The number of hydrogen-bond acceptors (Lipinski definition) is 2. The van der Waals surface area contributed by atoms with Crippen LogP contribution in [0.15, 0.2) is 0 Å². The first-order valence-corrected chi connectivity index (χ1v) is 8.62. The summed E-state index contributed by atoms with van der Waals surface area (Å²) in [5, 5.41) is 0. The first-order valence-electron chi connectivity index (χ1n) is 4.16. The van der Waals surface area contributed by atoms with Crippen LogP contribution >= 0.6 is 30.2 Å². The van der Waals surface area contributed by atoms with Crippen molar-refractivity contribution >= 4 is 30.2 Å². The summed E-state index contributed by atoms with van der Waals surface area (Å²) in [5.41, 5.74) is -1.17. The molecule has 0 aromatic rings. The van der Waals surface area contributed by atoms with E-state index in [1.807, 2.05) is 0 Å². The first-order chi connectivity index (χ1) is 4.83. The summed E-state index contributed by atoms with van der Waals surface area (Å²) in [7, 11) is 0. The summed E-state index contributed by atoms with van der Waals surface area (Å²) in [6.07, 6.45) is 2.38. The summed E-state index contributed by atoms with van der Waals surface area (Å²) in [6, 6.07) is 0. The number of rotatable bonds is 4. The standard InChI is InChI=1S/C8H20PS2.Na.H/c1-7(2)5-9(10,11)6-8(3)4;;/h7-8,10-11H,5-6H2,1-4H3;;/q2*+1;-1. The van der Waals surface area contributed by atoms with Crippen LogP contribution in [0.25, 0.3) is 0 Å². The molecule has 0 rings (SSSR count). The van der Waals surface area contributed by atoms with E-state index < -0.39 is 5.67 Å². The van der Waals surface area contributed by atoms with Crippen LogP contribution in [0.3, 0.4) is 0 Å². The van der Waals surface area contributed by atoms with E-state index in [0.717, 1.165) is 11.8 Å². The Morgan fingerprint density at radius 3 is 1.42 bits per heavy atom. The largest absolute Gasteiger partial charge is 1.00 e. The smallest absolute Gasteiger partial charge is 1.00 e. The van der Waals surface area contributed by atoms with E-state index in [1.54, 1.807) is 0 Å². The van der Waals surface area contributed by atoms with Crippen LogP contribution in [0.4, 0.5) is 0 Å². The van der Waals surface area contributed by atoms with E-state index in [2.05, 4.69) is 52.2 Å². The third-order valence-electron chi connectivity index (χ3n) is 1.32. The molecule has 0 nitrogen and oxygen atoms in total. The minimum atomic E-state index is -1.17. The number of thiol groups is 2. The molecule has 0 aromatic carbocycles. The van der Waals surface area contributed by atoms with Gasteiger partial charge in [-0.2, -0.15) is 0 Å². The molecular weight excluding hydrogens is 214 g/mol. The van der Waals surface area contributed by atoms with E-state index in [1.165, 1.54) is 12.3 Å². The molecule has 0 aliphatic carbocycles. The Labute approximate surface area is 112 Å². The normalized spacial score (nSPS) is 12.0. The third kappa shape index (κ3) is 10.2. The zero-order valence-corrected chi connectivity index (χ0v) is 13.6. The molecule has 0 aromatic heterocycles. The second kappa shape index (κ2) is 7.43. The second-order valence-electron chi connectivity index (χ2n) is 4.03. The fourth-order valence-electron chi connectivity index (χ4n) is 1.24. The molecule has 0 amide bonds. The number of hydrogen-bond donors (Lipinski definition) is 2. The molecule has 0 spiro atoms. The van der Waals surface area contributed by atoms with Crippen molar-refractivity contribution in [3.05, 3.63) is 0 Å². The van der Waals surface area contributed by atoms with Gasteiger partial charge in [0.25, 0.3) is 0 Å². The Bertz CT molecular complexity index is 109. The van der Waals surface area contributed by atoms with Gasteiger partial charge in [0.05, 0.1) is 12.3 Å².